The Kier molecular flexibility index (Phi) is 3.37. The van der Waals surface area contributed by atoms with E-state index in [0.29, 0.717) is 0 Å². The van der Waals surface area contributed by atoms with Crippen molar-refractivity contribution in [1.82, 2.24) is 4.67 Å². The average molecular weight is 223 g/mol. The number of hydrogen-bond acceptors (Lipinski definition) is 1. The molecule has 0 N–H and O–H groups in total. The lowest BCUT2D eigenvalue weighted by molar-refractivity contribution is 0.291. The van der Waals surface area contributed by atoms with Crippen molar-refractivity contribution in [1.29, 1.82) is 0 Å². The molecule has 0 aromatic rings. The molecule has 0 saturated carbocycles. The quantitative estimate of drug-likeness (QED) is 0.448. The molecule has 0 spiro atoms. The molecule has 0 aromatic carbocycles. The monoisotopic (exact) mass is 223 g/mol. The van der Waals surface area contributed by atoms with E-state index in [1.807, 2.05) is 18.8 Å². The van der Waals surface area contributed by atoms with Crippen molar-refractivity contribution in [3.63, 3.8) is 0 Å². The van der Waals surface area contributed by atoms with Gasteiger partial charge in [0, 0.05) is 0 Å². The minimum atomic E-state index is -10.5. The molecule has 0 saturated heterocycles. The fraction of sp³-hybridized carbons (Fsp3) is 1.00. The summed E-state index contributed by atoms with van der Waals surface area (Å²) >= 11 is 0. The zero-order valence-corrected chi connectivity index (χ0v) is 7.67. The Hall–Kier alpha value is 0.320. The minimum absolute atomic E-state index is 1.92. The summed E-state index contributed by atoms with van der Waals surface area (Å²) < 4.78 is 61.0. The summed E-state index contributed by atoms with van der Waals surface area (Å²) in [5.41, 5.74) is 0. The van der Waals surface area contributed by atoms with Gasteiger partial charge in [0.05, 0.1) is 0 Å². The van der Waals surface area contributed by atoms with E-state index in [1.54, 1.807) is 0 Å². The van der Waals surface area contributed by atoms with E-state index in [4.69, 9.17) is 0 Å². The largest absolute Gasteiger partial charge is 0.431 e. The highest BCUT2D eigenvalue weighted by molar-refractivity contribution is 8.41. The highest BCUT2D eigenvalue weighted by Crippen LogP contribution is 2.99. The second kappa shape index (κ2) is 2.67. The molecule has 0 aromatic heterocycles. The van der Waals surface area contributed by atoms with E-state index in [2.05, 4.69) is 9.39 Å². The Morgan fingerprint density at radius 3 is 0.909 bits per heavy atom. The van der Waals surface area contributed by atoms with Crippen LogP contribution in [0.4, 0.5) is 23.3 Å². The molecule has 0 heterocycles. The van der Waals surface area contributed by atoms with Crippen LogP contribution in [-0.4, -0.2) is 18.8 Å². The van der Waals surface area contributed by atoms with Crippen LogP contribution in [0.15, 0.2) is 0 Å². The van der Waals surface area contributed by atoms with E-state index in [9.17, 15) is 23.3 Å². The third kappa shape index (κ3) is 6980. The van der Waals surface area contributed by atoms with Crippen molar-refractivity contribution in [3.05, 3.63) is 0 Å². The van der Waals surface area contributed by atoms with Crippen LogP contribution >= 0.6 is 20.0 Å². The van der Waals surface area contributed by atoms with Crippen molar-refractivity contribution in [2.45, 2.75) is 0 Å². The molecule has 0 aliphatic rings. The molecular weight excluding hydrogens is 215 g/mol. The van der Waals surface area contributed by atoms with Gasteiger partial charge in [0.25, 0.3) is 0 Å². The SMILES string of the molecule is CN(C)P.FS(F)(F)(F)(F)F. The molecule has 1 atom stereocenters. The smallest absolute Gasteiger partial charge is 0.293 e. The first kappa shape index (κ1) is 13.9. The van der Waals surface area contributed by atoms with Crippen molar-refractivity contribution in [2.24, 2.45) is 0 Å². The molecule has 9 heteroatoms. The van der Waals surface area contributed by atoms with Crippen LogP contribution in [0.5, 0.6) is 0 Å². The average Bonchev–Trinajstić information content (AvgIpc) is 1.11. The highest BCUT2D eigenvalue weighted by Gasteiger charge is 2.64. The van der Waals surface area contributed by atoms with E-state index in [1.165, 1.54) is 0 Å². The van der Waals surface area contributed by atoms with Crippen LogP contribution in [0.3, 0.4) is 0 Å². The zero-order chi connectivity index (χ0) is 9.99. The van der Waals surface area contributed by atoms with Crippen molar-refractivity contribution >= 4 is 20.0 Å². The second-order valence-electron chi connectivity index (χ2n) is 1.84. The van der Waals surface area contributed by atoms with Gasteiger partial charge in [-0.2, -0.15) is 0 Å². The lowest BCUT2D eigenvalue weighted by Crippen LogP contribution is -1.92. The third-order valence-corrected chi connectivity index (χ3v) is 0. The Bertz CT molecular complexity index is 107. The Labute approximate surface area is 63.0 Å². The van der Waals surface area contributed by atoms with Crippen molar-refractivity contribution in [2.75, 3.05) is 14.1 Å². The maximum atomic E-state index is 9.85. The molecular formula is C2H8F6NPS. The van der Waals surface area contributed by atoms with Gasteiger partial charge in [-0.3, -0.25) is 4.67 Å². The van der Waals surface area contributed by atoms with Crippen LogP contribution in [-0.2, 0) is 0 Å². The van der Waals surface area contributed by atoms with Crippen molar-refractivity contribution in [3.8, 4) is 0 Å². The van der Waals surface area contributed by atoms with Crippen LogP contribution in [0, 0.1) is 0 Å². The standard InChI is InChI=1S/C2H8NP.F6S/c1-3(2)4;1-7(2,3,4,5)6/h4H2,1-2H3;. The van der Waals surface area contributed by atoms with E-state index < -0.39 is 10.6 Å². The molecule has 74 valence electrons. The fourth-order valence-electron chi connectivity index (χ4n) is 0. The summed E-state index contributed by atoms with van der Waals surface area (Å²) in [5.74, 6) is 0. The summed E-state index contributed by atoms with van der Waals surface area (Å²) in [7, 11) is -4.06. The normalized spacial score (nSPS) is 18.0. The molecule has 0 rings (SSSR count). The molecule has 0 aliphatic carbocycles. The van der Waals surface area contributed by atoms with Gasteiger partial charge in [-0.05, 0) is 14.1 Å². The van der Waals surface area contributed by atoms with Gasteiger partial charge in [-0.25, -0.2) is 0 Å². The second-order valence-corrected chi connectivity index (χ2v) is 4.62. The maximum Gasteiger partial charge on any atom is 0.431 e. The first-order valence-electron chi connectivity index (χ1n) is 2.08. The van der Waals surface area contributed by atoms with E-state index in [0.717, 1.165) is 0 Å². The third-order valence-electron chi connectivity index (χ3n) is 0. The number of halogens is 6. The predicted molar refractivity (Wildman–Crippen MR) is 37.6 cm³/mol. The van der Waals surface area contributed by atoms with Crippen LogP contribution in [0.1, 0.15) is 0 Å². The molecule has 0 fully saturated rings. The van der Waals surface area contributed by atoms with Crippen LogP contribution < -0.4 is 0 Å². The lowest BCUT2D eigenvalue weighted by atomic mass is 11.3. The Balaban J connectivity index is 0. The number of rotatable bonds is 0. The molecule has 11 heavy (non-hydrogen) atoms. The van der Waals surface area contributed by atoms with Gasteiger partial charge in [0.2, 0.25) is 0 Å². The number of nitrogens with zero attached hydrogens (tertiary/aromatic N) is 1. The van der Waals surface area contributed by atoms with Gasteiger partial charge in [0.1, 0.15) is 0 Å². The maximum absolute atomic E-state index is 10.5. The summed E-state index contributed by atoms with van der Waals surface area (Å²) in [6, 6.07) is 0. The summed E-state index contributed by atoms with van der Waals surface area (Å²) in [5, 5.41) is 0. The minimum Gasteiger partial charge on any atom is -0.293 e. The lowest BCUT2D eigenvalue weighted by Gasteiger charge is -2.28. The molecule has 0 bridgehead atoms. The zero-order valence-electron chi connectivity index (χ0n) is 5.70. The highest BCUT2D eigenvalue weighted by atomic mass is 32.5. The first-order valence-corrected chi connectivity index (χ1v) is 4.45. The Morgan fingerprint density at radius 2 is 0.909 bits per heavy atom. The van der Waals surface area contributed by atoms with Gasteiger partial charge < -0.3 is 0 Å². The molecule has 0 amide bonds. The van der Waals surface area contributed by atoms with Gasteiger partial charge in [0.15, 0.2) is 0 Å². The van der Waals surface area contributed by atoms with Crippen molar-refractivity contribution < 1.29 is 23.3 Å². The molecule has 0 aliphatic heterocycles. The fourth-order valence-corrected chi connectivity index (χ4v) is 0. The summed E-state index contributed by atoms with van der Waals surface area (Å²) in [6.07, 6.45) is 0. The van der Waals surface area contributed by atoms with Gasteiger partial charge in [-0.1, -0.05) is 32.7 Å². The molecule has 1 nitrogen and oxygen atoms in total. The van der Waals surface area contributed by atoms with E-state index >= 15 is 0 Å². The van der Waals surface area contributed by atoms with Crippen LogP contribution in [0.25, 0.3) is 0 Å². The van der Waals surface area contributed by atoms with Gasteiger partial charge >= 0.3 is 10.6 Å². The molecule has 0 radical (unpaired) electrons. The van der Waals surface area contributed by atoms with Gasteiger partial charge in [-0.15, -0.1) is 0 Å². The predicted octanol–water partition coefficient (Wildman–Crippen LogP) is 3.51. The first-order chi connectivity index (χ1) is 4.18. The summed E-state index contributed by atoms with van der Waals surface area (Å²) in [6.45, 7) is 0. The topological polar surface area (TPSA) is 3.24 Å². The number of hydrogen-bond donors (Lipinski definition) is 0. The van der Waals surface area contributed by atoms with Crippen LogP contribution in [0.2, 0.25) is 0 Å². The Morgan fingerprint density at radius 1 is 0.909 bits per heavy atom. The summed E-state index contributed by atoms with van der Waals surface area (Å²) in [4.78, 5) is 0. The van der Waals surface area contributed by atoms with E-state index in [-0.39, 0.29) is 0 Å². The molecule has 1 unspecified atom stereocenters.